The first-order valence-corrected chi connectivity index (χ1v) is 6.07. The van der Waals surface area contributed by atoms with Crippen LogP contribution in [0.5, 0.6) is 0 Å². The molecule has 0 rings (SSSR count). The fourth-order valence-electron chi connectivity index (χ4n) is 0.446. The van der Waals surface area contributed by atoms with E-state index in [2.05, 4.69) is 4.52 Å². The molecule has 11 heteroatoms. The van der Waals surface area contributed by atoms with Crippen molar-refractivity contribution in [2.45, 2.75) is 6.10 Å². The zero-order chi connectivity index (χ0) is 11.6. The van der Waals surface area contributed by atoms with Gasteiger partial charge in [0, 0.05) is 0 Å². The van der Waals surface area contributed by atoms with E-state index in [-0.39, 0.29) is 0 Å². The second kappa shape index (κ2) is 4.34. The fourth-order valence-corrected chi connectivity index (χ4v) is 1.34. The lowest BCUT2D eigenvalue weighted by molar-refractivity contribution is -0.143. The van der Waals surface area contributed by atoms with Gasteiger partial charge in [-0.1, -0.05) is 0 Å². The molecular formula is C3H7O9PS. The zero-order valence-corrected chi connectivity index (χ0v) is 8.18. The standard InChI is InChI=1S/C3H7O9PS/c4-2(1-14(9,10)11)3(5)12-13(6,7)8/h2,4H,1H2,(H2,6,7,8)(H,9,10,11). The summed E-state index contributed by atoms with van der Waals surface area (Å²) in [5.74, 6) is -3.23. The normalized spacial score (nSPS) is 14.9. The van der Waals surface area contributed by atoms with Crippen LogP contribution in [-0.4, -0.2) is 45.7 Å². The fraction of sp³-hybridized carbons (Fsp3) is 0.667. The average molecular weight is 250 g/mol. The third kappa shape index (κ3) is 6.95. The molecule has 0 spiro atoms. The van der Waals surface area contributed by atoms with Gasteiger partial charge < -0.3 is 9.63 Å². The maximum Gasteiger partial charge on any atom is 0.527 e. The van der Waals surface area contributed by atoms with Crippen molar-refractivity contribution >= 4 is 23.9 Å². The van der Waals surface area contributed by atoms with Gasteiger partial charge in [0.2, 0.25) is 0 Å². The van der Waals surface area contributed by atoms with Gasteiger partial charge in [0.1, 0.15) is 5.75 Å². The maximum absolute atomic E-state index is 10.5. The number of phosphoric ester groups is 1. The first kappa shape index (κ1) is 13.5. The maximum atomic E-state index is 10.5. The highest BCUT2D eigenvalue weighted by Gasteiger charge is 2.29. The molecule has 0 radical (unpaired) electrons. The molecule has 0 aromatic carbocycles. The molecule has 9 nitrogen and oxygen atoms in total. The Morgan fingerprint density at radius 2 is 1.86 bits per heavy atom. The quantitative estimate of drug-likeness (QED) is 0.323. The van der Waals surface area contributed by atoms with E-state index in [1.165, 1.54) is 0 Å². The van der Waals surface area contributed by atoms with Crippen LogP contribution in [0.2, 0.25) is 0 Å². The minimum Gasteiger partial charge on any atom is -0.380 e. The van der Waals surface area contributed by atoms with E-state index in [1.54, 1.807) is 0 Å². The third-order valence-electron chi connectivity index (χ3n) is 0.849. The molecule has 0 heterocycles. The largest absolute Gasteiger partial charge is 0.527 e. The van der Waals surface area contributed by atoms with Gasteiger partial charge in [-0.15, -0.1) is 0 Å². The van der Waals surface area contributed by atoms with Crippen molar-refractivity contribution < 1.29 is 41.7 Å². The highest BCUT2D eigenvalue weighted by Crippen LogP contribution is 2.36. The van der Waals surface area contributed by atoms with Crippen LogP contribution in [0, 0.1) is 0 Å². The summed E-state index contributed by atoms with van der Waals surface area (Å²) in [7, 11) is -9.75. The first-order chi connectivity index (χ1) is 6.01. The van der Waals surface area contributed by atoms with Crippen LogP contribution in [0.3, 0.4) is 0 Å². The van der Waals surface area contributed by atoms with Crippen molar-refractivity contribution in [2.24, 2.45) is 0 Å². The van der Waals surface area contributed by atoms with E-state index >= 15 is 0 Å². The molecule has 0 aromatic rings. The van der Waals surface area contributed by atoms with Crippen molar-refractivity contribution in [1.29, 1.82) is 0 Å². The average Bonchev–Trinajstić information content (AvgIpc) is 1.78. The molecule has 0 bridgehead atoms. The number of aliphatic hydroxyl groups is 1. The topological polar surface area (TPSA) is 158 Å². The minimum atomic E-state index is -5.13. The van der Waals surface area contributed by atoms with E-state index in [0.29, 0.717) is 0 Å². The Morgan fingerprint density at radius 1 is 1.43 bits per heavy atom. The van der Waals surface area contributed by atoms with E-state index in [0.717, 1.165) is 0 Å². The summed E-state index contributed by atoms with van der Waals surface area (Å²) in [4.78, 5) is 26.7. The molecule has 1 unspecified atom stereocenters. The Bertz CT molecular complexity index is 350. The van der Waals surface area contributed by atoms with Crippen molar-refractivity contribution in [3.63, 3.8) is 0 Å². The van der Waals surface area contributed by atoms with Gasteiger partial charge in [0.15, 0.2) is 6.10 Å². The number of phosphoric acid groups is 1. The molecule has 0 saturated carbocycles. The second-order valence-electron chi connectivity index (χ2n) is 2.17. The lowest BCUT2D eigenvalue weighted by Crippen LogP contribution is -2.30. The molecule has 0 saturated heterocycles. The zero-order valence-electron chi connectivity index (χ0n) is 6.47. The first-order valence-electron chi connectivity index (χ1n) is 2.93. The predicted octanol–water partition coefficient (Wildman–Crippen LogP) is -2.13. The monoisotopic (exact) mass is 250 g/mol. The number of hydrogen-bond acceptors (Lipinski definition) is 6. The van der Waals surface area contributed by atoms with Gasteiger partial charge in [-0.25, -0.2) is 9.36 Å². The summed E-state index contributed by atoms with van der Waals surface area (Å²) in [6.45, 7) is 0. The molecule has 1 atom stereocenters. The van der Waals surface area contributed by atoms with E-state index in [9.17, 15) is 17.8 Å². The lowest BCUT2D eigenvalue weighted by atomic mass is 10.4. The Balaban J connectivity index is 4.36. The molecule has 0 fully saturated rings. The number of aliphatic hydroxyl groups excluding tert-OH is 1. The van der Waals surface area contributed by atoms with Crippen LogP contribution in [-0.2, 0) is 24.0 Å². The van der Waals surface area contributed by atoms with Crippen LogP contribution in [0.15, 0.2) is 0 Å². The summed E-state index contributed by atoms with van der Waals surface area (Å²) < 4.78 is 41.7. The summed E-state index contributed by atoms with van der Waals surface area (Å²) in [6.07, 6.45) is -2.35. The summed E-state index contributed by atoms with van der Waals surface area (Å²) in [6, 6.07) is 0. The van der Waals surface area contributed by atoms with E-state index < -0.39 is 35.8 Å². The van der Waals surface area contributed by atoms with Crippen molar-refractivity contribution in [1.82, 2.24) is 0 Å². The highest BCUT2D eigenvalue weighted by atomic mass is 32.2. The summed E-state index contributed by atoms with van der Waals surface area (Å²) in [5.41, 5.74) is 0. The highest BCUT2D eigenvalue weighted by molar-refractivity contribution is 7.85. The van der Waals surface area contributed by atoms with Crippen molar-refractivity contribution in [3.05, 3.63) is 0 Å². The Labute approximate surface area is 78.3 Å². The Morgan fingerprint density at radius 3 is 2.14 bits per heavy atom. The van der Waals surface area contributed by atoms with Crippen LogP contribution in [0.25, 0.3) is 0 Å². The number of carbonyl (C=O) groups is 1. The molecule has 4 N–H and O–H groups in total. The van der Waals surface area contributed by atoms with Gasteiger partial charge in [0.25, 0.3) is 10.1 Å². The molecule has 0 aliphatic carbocycles. The number of rotatable bonds is 4. The Kier molecular flexibility index (Phi) is 4.18. The molecular weight excluding hydrogens is 243 g/mol. The molecule has 0 aliphatic rings. The van der Waals surface area contributed by atoms with Crippen molar-refractivity contribution in [2.75, 3.05) is 5.75 Å². The summed E-state index contributed by atoms with van der Waals surface area (Å²) >= 11 is 0. The van der Waals surface area contributed by atoms with E-state index in [1.807, 2.05) is 0 Å². The smallest absolute Gasteiger partial charge is 0.380 e. The van der Waals surface area contributed by atoms with Crippen LogP contribution < -0.4 is 0 Å². The lowest BCUT2D eigenvalue weighted by Gasteiger charge is -2.08. The number of hydrogen-bond donors (Lipinski definition) is 4. The minimum absolute atomic E-state index is 1.40. The van der Waals surface area contributed by atoms with E-state index in [4.69, 9.17) is 19.4 Å². The van der Waals surface area contributed by atoms with Crippen molar-refractivity contribution in [3.8, 4) is 0 Å². The van der Waals surface area contributed by atoms with Crippen LogP contribution >= 0.6 is 7.82 Å². The molecule has 0 amide bonds. The molecule has 0 aromatic heterocycles. The van der Waals surface area contributed by atoms with Gasteiger partial charge in [-0.3, -0.25) is 14.3 Å². The van der Waals surface area contributed by atoms with Gasteiger partial charge in [-0.2, -0.15) is 8.42 Å². The SMILES string of the molecule is O=C(OP(=O)(O)O)C(O)CS(=O)(=O)O. The van der Waals surface area contributed by atoms with Crippen LogP contribution in [0.4, 0.5) is 0 Å². The Hall–Kier alpha value is -0.510. The molecule has 84 valence electrons. The predicted molar refractivity (Wildman–Crippen MR) is 40.6 cm³/mol. The van der Waals surface area contributed by atoms with Gasteiger partial charge >= 0.3 is 13.8 Å². The van der Waals surface area contributed by atoms with Gasteiger partial charge in [-0.05, 0) is 0 Å². The van der Waals surface area contributed by atoms with Crippen LogP contribution in [0.1, 0.15) is 0 Å². The summed E-state index contributed by atoms with van der Waals surface area (Å²) in [5, 5.41) is 8.66. The van der Waals surface area contributed by atoms with Gasteiger partial charge in [0.05, 0.1) is 0 Å². The number of carbonyl (C=O) groups excluding carboxylic acids is 1. The third-order valence-corrected chi connectivity index (χ3v) is 2.00. The second-order valence-corrected chi connectivity index (χ2v) is 4.83. The molecule has 0 aliphatic heterocycles. The molecule has 14 heavy (non-hydrogen) atoms.